The van der Waals surface area contributed by atoms with E-state index in [0.717, 1.165) is 16.8 Å². The minimum Gasteiger partial charge on any atom is -0.366 e. The highest BCUT2D eigenvalue weighted by Gasteiger charge is 2.07. The van der Waals surface area contributed by atoms with E-state index in [2.05, 4.69) is 15.5 Å². The quantitative estimate of drug-likeness (QED) is 0.746. The number of rotatable bonds is 4. The Morgan fingerprint density at radius 1 is 1.24 bits per heavy atom. The van der Waals surface area contributed by atoms with E-state index in [0.29, 0.717) is 11.4 Å². The molecule has 0 spiro atoms. The minimum atomic E-state index is -0.479. The van der Waals surface area contributed by atoms with Crippen molar-refractivity contribution in [1.29, 1.82) is 0 Å². The molecule has 108 valence electrons. The molecule has 6 nitrogen and oxygen atoms in total. The SMILES string of the molecule is Cc1[nH]nc(NC(=O)/C=C/c2ccc(C(N)=O)cc2)c1C. The standard InChI is InChI=1S/C15H16N4O2/c1-9-10(2)18-19-15(9)17-13(20)8-5-11-3-6-12(7-4-11)14(16)21/h3-8H,1-2H3,(H2,16,21)(H2,17,18,19,20)/b8-5+. The van der Waals surface area contributed by atoms with E-state index < -0.39 is 5.91 Å². The number of nitrogens with one attached hydrogen (secondary N) is 2. The van der Waals surface area contributed by atoms with E-state index in [4.69, 9.17) is 5.73 Å². The summed E-state index contributed by atoms with van der Waals surface area (Å²) in [6, 6.07) is 6.66. The molecule has 0 aliphatic rings. The van der Waals surface area contributed by atoms with Crippen LogP contribution < -0.4 is 11.1 Å². The number of aromatic nitrogens is 2. The van der Waals surface area contributed by atoms with Gasteiger partial charge in [-0.3, -0.25) is 14.7 Å². The monoisotopic (exact) mass is 284 g/mol. The summed E-state index contributed by atoms with van der Waals surface area (Å²) < 4.78 is 0. The van der Waals surface area contributed by atoms with Crippen LogP contribution in [0, 0.1) is 13.8 Å². The van der Waals surface area contributed by atoms with Gasteiger partial charge in [0.05, 0.1) is 0 Å². The van der Waals surface area contributed by atoms with E-state index in [1.807, 2.05) is 13.8 Å². The third-order valence-electron chi connectivity index (χ3n) is 3.12. The second-order valence-electron chi connectivity index (χ2n) is 4.63. The lowest BCUT2D eigenvalue weighted by molar-refractivity contribution is -0.111. The molecule has 4 N–H and O–H groups in total. The van der Waals surface area contributed by atoms with Gasteiger partial charge in [-0.05, 0) is 37.6 Å². The molecular formula is C15H16N4O2. The van der Waals surface area contributed by atoms with Gasteiger partial charge in [0.2, 0.25) is 11.8 Å². The average molecular weight is 284 g/mol. The van der Waals surface area contributed by atoms with Gasteiger partial charge in [0, 0.05) is 22.9 Å². The van der Waals surface area contributed by atoms with Gasteiger partial charge in [-0.2, -0.15) is 5.10 Å². The summed E-state index contributed by atoms with van der Waals surface area (Å²) >= 11 is 0. The second kappa shape index (κ2) is 6.04. The number of benzene rings is 1. The number of H-pyrrole nitrogens is 1. The summed E-state index contributed by atoms with van der Waals surface area (Å²) in [5.74, 6) is -0.234. The van der Waals surface area contributed by atoms with Crippen LogP contribution in [0.25, 0.3) is 6.08 Å². The van der Waals surface area contributed by atoms with Crippen molar-refractivity contribution in [1.82, 2.24) is 10.2 Å². The average Bonchev–Trinajstić information content (AvgIpc) is 2.77. The summed E-state index contributed by atoms with van der Waals surface area (Å²) in [7, 11) is 0. The molecule has 0 saturated heterocycles. The zero-order chi connectivity index (χ0) is 15.4. The first kappa shape index (κ1) is 14.5. The first-order chi connectivity index (χ1) is 9.97. The Balaban J connectivity index is 2.02. The fraction of sp³-hybridized carbons (Fsp3) is 0.133. The Hall–Kier alpha value is -2.89. The third-order valence-corrected chi connectivity index (χ3v) is 3.12. The molecule has 0 bridgehead atoms. The highest BCUT2D eigenvalue weighted by molar-refractivity contribution is 6.01. The van der Waals surface area contributed by atoms with Gasteiger partial charge in [-0.1, -0.05) is 12.1 Å². The van der Waals surface area contributed by atoms with Gasteiger partial charge in [-0.25, -0.2) is 0 Å². The van der Waals surface area contributed by atoms with E-state index in [1.165, 1.54) is 6.08 Å². The molecule has 0 atom stereocenters. The number of hydrogen-bond donors (Lipinski definition) is 3. The highest BCUT2D eigenvalue weighted by atomic mass is 16.1. The van der Waals surface area contributed by atoms with Gasteiger partial charge >= 0.3 is 0 Å². The topological polar surface area (TPSA) is 101 Å². The van der Waals surface area contributed by atoms with Crippen LogP contribution in [0.15, 0.2) is 30.3 Å². The molecule has 0 aliphatic carbocycles. The fourth-order valence-corrected chi connectivity index (χ4v) is 1.70. The molecule has 6 heteroatoms. The lowest BCUT2D eigenvalue weighted by Crippen LogP contribution is -2.10. The number of carbonyl (C=O) groups excluding carboxylic acids is 2. The summed E-state index contributed by atoms with van der Waals surface area (Å²) in [5.41, 5.74) is 8.20. The number of carbonyl (C=O) groups is 2. The van der Waals surface area contributed by atoms with Crippen molar-refractivity contribution in [3.63, 3.8) is 0 Å². The van der Waals surface area contributed by atoms with Crippen LogP contribution in [0.4, 0.5) is 5.82 Å². The van der Waals surface area contributed by atoms with E-state index >= 15 is 0 Å². The lowest BCUT2D eigenvalue weighted by Gasteiger charge is -1.99. The molecule has 0 aliphatic heterocycles. The predicted octanol–water partition coefficient (Wildman–Crippen LogP) is 1.78. The first-order valence-electron chi connectivity index (χ1n) is 6.38. The molecule has 21 heavy (non-hydrogen) atoms. The van der Waals surface area contributed by atoms with Crippen molar-refractivity contribution in [3.8, 4) is 0 Å². The van der Waals surface area contributed by atoms with E-state index in [1.54, 1.807) is 30.3 Å². The van der Waals surface area contributed by atoms with Gasteiger partial charge in [-0.15, -0.1) is 0 Å². The van der Waals surface area contributed by atoms with Crippen molar-refractivity contribution in [2.45, 2.75) is 13.8 Å². The van der Waals surface area contributed by atoms with Crippen LogP contribution in [0.1, 0.15) is 27.2 Å². The number of primary amides is 1. The van der Waals surface area contributed by atoms with Crippen LogP contribution in [0.2, 0.25) is 0 Å². The molecule has 1 heterocycles. The molecule has 2 rings (SSSR count). The second-order valence-corrected chi connectivity index (χ2v) is 4.63. The number of nitrogens with two attached hydrogens (primary N) is 1. The Bertz CT molecular complexity index is 699. The zero-order valence-electron chi connectivity index (χ0n) is 11.8. The Morgan fingerprint density at radius 2 is 1.90 bits per heavy atom. The van der Waals surface area contributed by atoms with Gasteiger partial charge < -0.3 is 11.1 Å². The van der Waals surface area contributed by atoms with E-state index in [-0.39, 0.29) is 5.91 Å². The largest absolute Gasteiger partial charge is 0.366 e. The maximum atomic E-state index is 11.8. The normalized spacial score (nSPS) is 10.8. The molecule has 1 aromatic carbocycles. The number of aryl methyl sites for hydroxylation is 1. The van der Waals surface area contributed by atoms with Crippen LogP contribution in [0.3, 0.4) is 0 Å². The van der Waals surface area contributed by atoms with Crippen molar-refractivity contribution < 1.29 is 9.59 Å². The molecule has 1 aromatic heterocycles. The predicted molar refractivity (Wildman–Crippen MR) is 80.7 cm³/mol. The molecule has 0 fully saturated rings. The Morgan fingerprint density at radius 3 is 2.43 bits per heavy atom. The number of aromatic amines is 1. The Kier molecular flexibility index (Phi) is 4.18. The Labute approximate surface area is 122 Å². The zero-order valence-corrected chi connectivity index (χ0v) is 11.8. The number of anilines is 1. The summed E-state index contributed by atoms with van der Waals surface area (Å²) in [6.45, 7) is 3.76. The lowest BCUT2D eigenvalue weighted by atomic mass is 10.1. The third kappa shape index (κ3) is 3.56. The maximum absolute atomic E-state index is 11.8. The van der Waals surface area contributed by atoms with Crippen molar-refractivity contribution >= 4 is 23.7 Å². The van der Waals surface area contributed by atoms with Crippen molar-refractivity contribution in [2.24, 2.45) is 5.73 Å². The molecule has 0 radical (unpaired) electrons. The summed E-state index contributed by atoms with van der Waals surface area (Å²) in [6.07, 6.45) is 3.05. The van der Waals surface area contributed by atoms with Crippen LogP contribution in [0.5, 0.6) is 0 Å². The van der Waals surface area contributed by atoms with Gasteiger partial charge in [0.1, 0.15) is 0 Å². The van der Waals surface area contributed by atoms with Crippen molar-refractivity contribution in [2.75, 3.05) is 5.32 Å². The minimum absolute atomic E-state index is 0.274. The summed E-state index contributed by atoms with van der Waals surface area (Å²) in [5, 5.41) is 9.49. The molecular weight excluding hydrogens is 268 g/mol. The molecule has 2 aromatic rings. The fourth-order valence-electron chi connectivity index (χ4n) is 1.70. The van der Waals surface area contributed by atoms with Gasteiger partial charge in [0.25, 0.3) is 0 Å². The van der Waals surface area contributed by atoms with Crippen molar-refractivity contribution in [3.05, 3.63) is 52.7 Å². The van der Waals surface area contributed by atoms with E-state index in [9.17, 15) is 9.59 Å². The smallest absolute Gasteiger partial charge is 0.249 e. The number of amides is 2. The molecule has 0 unspecified atom stereocenters. The highest BCUT2D eigenvalue weighted by Crippen LogP contribution is 2.13. The van der Waals surface area contributed by atoms with Crippen LogP contribution in [-0.4, -0.2) is 22.0 Å². The van der Waals surface area contributed by atoms with Crippen LogP contribution in [-0.2, 0) is 4.79 Å². The van der Waals surface area contributed by atoms with Gasteiger partial charge in [0.15, 0.2) is 5.82 Å². The number of nitrogens with zero attached hydrogens (tertiary/aromatic N) is 1. The summed E-state index contributed by atoms with van der Waals surface area (Å²) in [4.78, 5) is 22.7. The molecule has 0 saturated carbocycles. The number of hydrogen-bond acceptors (Lipinski definition) is 3. The molecule has 2 amide bonds. The maximum Gasteiger partial charge on any atom is 0.249 e. The van der Waals surface area contributed by atoms with Crippen LogP contribution >= 0.6 is 0 Å². The first-order valence-corrected chi connectivity index (χ1v) is 6.38.